The lowest BCUT2D eigenvalue weighted by Crippen LogP contribution is -2.30. The molecule has 1 rings (SSSR count). The molecular formula is C8H12N2O2. The van der Waals surface area contributed by atoms with Gasteiger partial charge in [0.1, 0.15) is 5.76 Å². The molecule has 2 N–H and O–H groups in total. The summed E-state index contributed by atoms with van der Waals surface area (Å²) in [4.78, 5) is 10.7. The van der Waals surface area contributed by atoms with E-state index in [1.165, 1.54) is 0 Å². The molecule has 0 atom stereocenters. The maximum absolute atomic E-state index is 10.7. The normalized spacial score (nSPS) is 9.75. The van der Waals surface area contributed by atoms with Crippen molar-refractivity contribution in [1.29, 1.82) is 0 Å². The summed E-state index contributed by atoms with van der Waals surface area (Å²) >= 11 is 0. The Labute approximate surface area is 70.9 Å². The van der Waals surface area contributed by atoms with Gasteiger partial charge in [0.05, 0.1) is 19.4 Å². The zero-order valence-electron chi connectivity index (χ0n) is 6.96. The van der Waals surface area contributed by atoms with E-state index in [9.17, 15) is 4.79 Å². The molecule has 0 saturated heterocycles. The van der Waals surface area contributed by atoms with Gasteiger partial charge in [-0.3, -0.25) is 4.79 Å². The minimum atomic E-state index is -0.0263. The first-order chi connectivity index (χ1) is 5.83. The summed E-state index contributed by atoms with van der Waals surface area (Å²) in [6, 6.07) is 3.67. The first kappa shape index (κ1) is 8.80. The Morgan fingerprint density at radius 3 is 3.08 bits per heavy atom. The third-order valence-corrected chi connectivity index (χ3v) is 1.44. The second-order valence-electron chi connectivity index (χ2n) is 2.36. The van der Waals surface area contributed by atoms with Gasteiger partial charge >= 0.3 is 0 Å². The van der Waals surface area contributed by atoms with E-state index in [4.69, 9.17) is 4.42 Å². The first-order valence-electron chi connectivity index (χ1n) is 3.76. The number of hydrogen-bond acceptors (Lipinski definition) is 3. The number of hydrogen-bond donors (Lipinski definition) is 2. The first-order valence-corrected chi connectivity index (χ1v) is 3.76. The van der Waals surface area contributed by atoms with Crippen molar-refractivity contribution >= 4 is 5.91 Å². The number of nitrogens with one attached hydrogen (secondary N) is 2. The van der Waals surface area contributed by atoms with E-state index in [2.05, 4.69) is 10.6 Å². The third kappa shape index (κ3) is 2.75. The largest absolute Gasteiger partial charge is 0.468 e. The lowest BCUT2D eigenvalue weighted by atomic mass is 10.4. The fraction of sp³-hybridized carbons (Fsp3) is 0.375. The van der Waals surface area contributed by atoms with Crippen LogP contribution in [0.1, 0.15) is 5.76 Å². The molecule has 0 aliphatic carbocycles. The van der Waals surface area contributed by atoms with Gasteiger partial charge in [-0.2, -0.15) is 0 Å². The highest BCUT2D eigenvalue weighted by Crippen LogP contribution is 1.97. The van der Waals surface area contributed by atoms with E-state index >= 15 is 0 Å². The van der Waals surface area contributed by atoms with Crippen LogP contribution in [0.5, 0.6) is 0 Å². The van der Waals surface area contributed by atoms with Gasteiger partial charge in [0.15, 0.2) is 0 Å². The van der Waals surface area contributed by atoms with Crippen LogP contribution >= 0.6 is 0 Å². The van der Waals surface area contributed by atoms with Crippen LogP contribution < -0.4 is 10.6 Å². The summed E-state index contributed by atoms with van der Waals surface area (Å²) in [5.74, 6) is 0.806. The van der Waals surface area contributed by atoms with Crippen LogP contribution in [-0.2, 0) is 11.3 Å². The fourth-order valence-electron chi connectivity index (χ4n) is 0.801. The Kier molecular flexibility index (Phi) is 3.35. The smallest absolute Gasteiger partial charge is 0.233 e. The third-order valence-electron chi connectivity index (χ3n) is 1.44. The van der Waals surface area contributed by atoms with E-state index in [0.29, 0.717) is 13.1 Å². The molecule has 0 spiro atoms. The van der Waals surface area contributed by atoms with Crippen molar-refractivity contribution in [2.75, 3.05) is 13.6 Å². The number of likely N-dealkylation sites (N-methyl/N-ethyl adjacent to an activating group) is 1. The number of amides is 1. The number of furan rings is 1. The van der Waals surface area contributed by atoms with Gasteiger partial charge in [-0.25, -0.2) is 0 Å². The van der Waals surface area contributed by atoms with Gasteiger partial charge < -0.3 is 15.1 Å². The molecule has 4 nitrogen and oxygen atoms in total. The Hall–Kier alpha value is -1.29. The van der Waals surface area contributed by atoms with Gasteiger partial charge in [0.2, 0.25) is 5.91 Å². The molecule has 1 heterocycles. The lowest BCUT2D eigenvalue weighted by molar-refractivity contribution is -0.119. The Morgan fingerprint density at radius 1 is 1.67 bits per heavy atom. The van der Waals surface area contributed by atoms with Crippen molar-refractivity contribution in [3.63, 3.8) is 0 Å². The predicted molar refractivity (Wildman–Crippen MR) is 44.5 cm³/mol. The maximum atomic E-state index is 10.7. The maximum Gasteiger partial charge on any atom is 0.233 e. The molecule has 66 valence electrons. The molecule has 4 heteroatoms. The molecule has 0 bridgehead atoms. The number of carbonyl (C=O) groups excluding carboxylic acids is 1. The topological polar surface area (TPSA) is 54.3 Å². The molecule has 0 radical (unpaired) electrons. The highest BCUT2D eigenvalue weighted by molar-refractivity contribution is 5.77. The van der Waals surface area contributed by atoms with E-state index in [1.54, 1.807) is 13.3 Å². The second-order valence-corrected chi connectivity index (χ2v) is 2.36. The van der Waals surface area contributed by atoms with Crippen molar-refractivity contribution in [1.82, 2.24) is 10.6 Å². The van der Waals surface area contributed by atoms with Crippen LogP contribution in [0.15, 0.2) is 22.8 Å². The highest BCUT2D eigenvalue weighted by atomic mass is 16.3. The Balaban J connectivity index is 2.15. The molecule has 1 aromatic rings. The van der Waals surface area contributed by atoms with Crippen LogP contribution in [0.4, 0.5) is 0 Å². The van der Waals surface area contributed by atoms with E-state index in [-0.39, 0.29) is 5.91 Å². The van der Waals surface area contributed by atoms with Crippen LogP contribution in [0.2, 0.25) is 0 Å². The van der Waals surface area contributed by atoms with Crippen LogP contribution in [0.3, 0.4) is 0 Å². The standard InChI is InChI=1S/C8H12N2O2/c1-9-8(11)6-10-5-7-3-2-4-12-7/h2-4,10H,5-6H2,1H3,(H,9,11). The Bertz CT molecular complexity index is 231. The summed E-state index contributed by atoms with van der Waals surface area (Å²) in [6.07, 6.45) is 1.61. The average molecular weight is 168 g/mol. The highest BCUT2D eigenvalue weighted by Gasteiger charge is 1.97. The summed E-state index contributed by atoms with van der Waals surface area (Å²) in [7, 11) is 1.61. The minimum absolute atomic E-state index is 0.0263. The molecule has 1 amide bonds. The van der Waals surface area contributed by atoms with Crippen molar-refractivity contribution in [3.8, 4) is 0 Å². The monoisotopic (exact) mass is 168 g/mol. The van der Waals surface area contributed by atoms with Crippen LogP contribution in [-0.4, -0.2) is 19.5 Å². The SMILES string of the molecule is CNC(=O)CNCc1ccco1. The zero-order chi connectivity index (χ0) is 8.81. The van der Waals surface area contributed by atoms with Gasteiger partial charge in [-0.15, -0.1) is 0 Å². The Morgan fingerprint density at radius 2 is 2.50 bits per heavy atom. The minimum Gasteiger partial charge on any atom is -0.468 e. The van der Waals surface area contributed by atoms with Gasteiger partial charge in [0, 0.05) is 7.05 Å². The van der Waals surface area contributed by atoms with Crippen molar-refractivity contribution < 1.29 is 9.21 Å². The van der Waals surface area contributed by atoms with E-state index < -0.39 is 0 Å². The molecule has 0 aromatic carbocycles. The van der Waals surface area contributed by atoms with Gasteiger partial charge in [-0.05, 0) is 12.1 Å². The molecule has 0 fully saturated rings. The van der Waals surface area contributed by atoms with Crippen molar-refractivity contribution in [3.05, 3.63) is 24.2 Å². The summed E-state index contributed by atoms with van der Waals surface area (Å²) in [5, 5.41) is 5.45. The number of carbonyl (C=O) groups is 1. The zero-order valence-corrected chi connectivity index (χ0v) is 6.96. The summed E-state index contributed by atoms with van der Waals surface area (Å²) in [6.45, 7) is 0.900. The quantitative estimate of drug-likeness (QED) is 0.671. The van der Waals surface area contributed by atoms with E-state index in [0.717, 1.165) is 5.76 Å². The molecule has 12 heavy (non-hydrogen) atoms. The van der Waals surface area contributed by atoms with Crippen molar-refractivity contribution in [2.24, 2.45) is 0 Å². The summed E-state index contributed by atoms with van der Waals surface area (Å²) in [5.41, 5.74) is 0. The molecule has 0 aliphatic rings. The van der Waals surface area contributed by atoms with Crippen molar-refractivity contribution in [2.45, 2.75) is 6.54 Å². The van der Waals surface area contributed by atoms with E-state index in [1.807, 2.05) is 12.1 Å². The van der Waals surface area contributed by atoms with Gasteiger partial charge in [-0.1, -0.05) is 0 Å². The number of rotatable bonds is 4. The van der Waals surface area contributed by atoms with Crippen LogP contribution in [0.25, 0.3) is 0 Å². The summed E-state index contributed by atoms with van der Waals surface area (Å²) < 4.78 is 5.05. The molecular weight excluding hydrogens is 156 g/mol. The molecule has 0 unspecified atom stereocenters. The lowest BCUT2D eigenvalue weighted by Gasteiger charge is -2.00. The fourth-order valence-corrected chi connectivity index (χ4v) is 0.801. The molecule has 0 aliphatic heterocycles. The average Bonchev–Trinajstić information content (AvgIpc) is 2.57. The van der Waals surface area contributed by atoms with Gasteiger partial charge in [0.25, 0.3) is 0 Å². The van der Waals surface area contributed by atoms with Crippen LogP contribution in [0, 0.1) is 0 Å². The second kappa shape index (κ2) is 4.56. The molecule has 1 aromatic heterocycles. The molecule has 0 saturated carbocycles. The predicted octanol–water partition coefficient (Wildman–Crippen LogP) is 0.115.